The Morgan fingerprint density at radius 2 is 2.25 bits per heavy atom. The van der Waals surface area contributed by atoms with Crippen LogP contribution in [0.2, 0.25) is 0 Å². The summed E-state index contributed by atoms with van der Waals surface area (Å²) in [6.45, 7) is 3.67. The largest absolute Gasteiger partial charge is 0.388 e. The summed E-state index contributed by atoms with van der Waals surface area (Å²) in [6, 6.07) is 6.34. The highest BCUT2D eigenvalue weighted by atomic mass is 79.9. The molecule has 2 nitrogen and oxygen atoms in total. The van der Waals surface area contributed by atoms with E-state index in [1.54, 1.807) is 0 Å². The molecule has 0 bridgehead atoms. The molecule has 1 aromatic rings. The minimum atomic E-state index is -0.559. The topological polar surface area (TPSA) is 32.3 Å². The molecule has 0 saturated carbocycles. The molecule has 0 aromatic heterocycles. The number of hydrogen-bond donors (Lipinski definition) is 2. The van der Waals surface area contributed by atoms with Crippen molar-refractivity contribution in [3.63, 3.8) is 0 Å². The summed E-state index contributed by atoms with van der Waals surface area (Å²) in [5, 5.41) is 13.7. The van der Waals surface area contributed by atoms with Gasteiger partial charge in [-0.05, 0) is 42.6 Å². The van der Waals surface area contributed by atoms with Crippen molar-refractivity contribution < 1.29 is 5.11 Å². The molecule has 3 heteroatoms. The number of nitrogens with one attached hydrogen (secondary N) is 1. The van der Waals surface area contributed by atoms with Crippen LogP contribution in [0.15, 0.2) is 22.7 Å². The number of benzene rings is 1. The minimum Gasteiger partial charge on any atom is -0.388 e. The molecule has 1 aromatic carbocycles. The Kier molecular flexibility index (Phi) is 3.67. The molecule has 2 rings (SSSR count). The Morgan fingerprint density at radius 3 is 3.00 bits per heavy atom. The lowest BCUT2D eigenvalue weighted by Gasteiger charge is -2.33. The van der Waals surface area contributed by atoms with Crippen LogP contribution >= 0.6 is 15.9 Å². The number of fused-ring (bicyclic) bond motifs is 1. The van der Waals surface area contributed by atoms with Crippen LogP contribution in [0.25, 0.3) is 0 Å². The van der Waals surface area contributed by atoms with Crippen LogP contribution in [0.5, 0.6) is 0 Å². The summed E-state index contributed by atoms with van der Waals surface area (Å²) in [7, 11) is 0. The maximum absolute atomic E-state index is 10.4. The number of halogens is 1. The van der Waals surface area contributed by atoms with Gasteiger partial charge in [-0.1, -0.05) is 28.9 Å². The second-order valence-electron chi connectivity index (χ2n) is 4.59. The molecule has 0 amide bonds. The monoisotopic (exact) mass is 283 g/mol. The van der Waals surface area contributed by atoms with Crippen molar-refractivity contribution in [2.24, 2.45) is 0 Å². The summed E-state index contributed by atoms with van der Waals surface area (Å²) in [5.41, 5.74) is 2.10. The first-order valence-electron chi connectivity index (χ1n) is 5.83. The molecule has 0 heterocycles. The predicted molar refractivity (Wildman–Crippen MR) is 69.7 cm³/mol. The van der Waals surface area contributed by atoms with Crippen LogP contribution in [0.4, 0.5) is 0 Å². The van der Waals surface area contributed by atoms with E-state index < -0.39 is 5.60 Å². The van der Waals surface area contributed by atoms with E-state index in [0.29, 0.717) is 6.54 Å². The molecule has 0 radical (unpaired) electrons. The summed E-state index contributed by atoms with van der Waals surface area (Å²) in [4.78, 5) is 0. The van der Waals surface area contributed by atoms with Gasteiger partial charge in [-0.2, -0.15) is 0 Å². The van der Waals surface area contributed by atoms with Crippen molar-refractivity contribution in [3.8, 4) is 0 Å². The molecule has 0 aliphatic heterocycles. The summed E-state index contributed by atoms with van der Waals surface area (Å²) < 4.78 is 1.13. The maximum atomic E-state index is 10.4. The lowest BCUT2D eigenvalue weighted by atomic mass is 9.80. The highest BCUT2D eigenvalue weighted by molar-refractivity contribution is 9.10. The molecule has 0 saturated heterocycles. The van der Waals surface area contributed by atoms with E-state index in [4.69, 9.17) is 0 Å². The summed E-state index contributed by atoms with van der Waals surface area (Å²) >= 11 is 3.49. The van der Waals surface area contributed by atoms with Crippen LogP contribution in [-0.4, -0.2) is 23.8 Å². The SMILES string of the molecule is CCNCC1(O)CCc2cc(Br)ccc2C1. The molecule has 1 aliphatic carbocycles. The summed E-state index contributed by atoms with van der Waals surface area (Å²) in [6.07, 6.45) is 2.59. The van der Waals surface area contributed by atoms with Gasteiger partial charge in [0, 0.05) is 17.4 Å². The lowest BCUT2D eigenvalue weighted by Crippen LogP contribution is -2.45. The average molecular weight is 284 g/mol. The van der Waals surface area contributed by atoms with Gasteiger partial charge < -0.3 is 10.4 Å². The Morgan fingerprint density at radius 1 is 1.44 bits per heavy atom. The Bertz CT molecular complexity index is 380. The van der Waals surface area contributed by atoms with Crippen molar-refractivity contribution in [1.82, 2.24) is 5.32 Å². The van der Waals surface area contributed by atoms with Crippen LogP contribution in [-0.2, 0) is 12.8 Å². The molecule has 88 valence electrons. The molecular weight excluding hydrogens is 266 g/mol. The van der Waals surface area contributed by atoms with Gasteiger partial charge in [0.15, 0.2) is 0 Å². The highest BCUT2D eigenvalue weighted by Crippen LogP contribution is 2.30. The third-order valence-electron chi connectivity index (χ3n) is 3.25. The summed E-state index contributed by atoms with van der Waals surface area (Å²) in [5.74, 6) is 0. The molecule has 1 unspecified atom stereocenters. The van der Waals surface area contributed by atoms with Crippen molar-refractivity contribution >= 4 is 15.9 Å². The third-order valence-corrected chi connectivity index (χ3v) is 3.74. The zero-order chi connectivity index (χ0) is 11.6. The van der Waals surface area contributed by atoms with Gasteiger partial charge >= 0.3 is 0 Å². The van der Waals surface area contributed by atoms with Crippen LogP contribution < -0.4 is 5.32 Å². The molecular formula is C13H18BrNO. The van der Waals surface area contributed by atoms with Crippen molar-refractivity contribution in [2.45, 2.75) is 31.8 Å². The van der Waals surface area contributed by atoms with Crippen LogP contribution in [0.1, 0.15) is 24.5 Å². The molecule has 16 heavy (non-hydrogen) atoms. The molecule has 0 fully saturated rings. The minimum absolute atomic E-state index is 0.559. The van der Waals surface area contributed by atoms with Crippen molar-refractivity contribution in [2.75, 3.05) is 13.1 Å². The number of aryl methyl sites for hydroxylation is 1. The Labute approximate surface area is 105 Å². The van der Waals surface area contributed by atoms with Gasteiger partial charge in [0.25, 0.3) is 0 Å². The molecule has 2 N–H and O–H groups in total. The second kappa shape index (κ2) is 4.86. The van der Waals surface area contributed by atoms with Gasteiger partial charge in [-0.3, -0.25) is 0 Å². The molecule has 1 aliphatic rings. The first-order valence-corrected chi connectivity index (χ1v) is 6.63. The van der Waals surface area contributed by atoms with E-state index in [9.17, 15) is 5.11 Å². The van der Waals surface area contributed by atoms with E-state index >= 15 is 0 Å². The second-order valence-corrected chi connectivity index (χ2v) is 5.51. The fraction of sp³-hybridized carbons (Fsp3) is 0.538. The van der Waals surface area contributed by atoms with Crippen molar-refractivity contribution in [3.05, 3.63) is 33.8 Å². The molecule has 1 atom stereocenters. The maximum Gasteiger partial charge on any atom is 0.0814 e. The Balaban J connectivity index is 2.14. The van der Waals surface area contributed by atoms with E-state index in [2.05, 4.69) is 46.4 Å². The van der Waals surface area contributed by atoms with E-state index in [0.717, 1.165) is 30.3 Å². The van der Waals surface area contributed by atoms with Gasteiger partial charge in [0.2, 0.25) is 0 Å². The third kappa shape index (κ3) is 2.65. The predicted octanol–water partition coefficient (Wildman–Crippen LogP) is 2.28. The van der Waals surface area contributed by atoms with Gasteiger partial charge in [0.1, 0.15) is 0 Å². The van der Waals surface area contributed by atoms with Crippen LogP contribution in [0, 0.1) is 0 Å². The average Bonchev–Trinajstić information content (AvgIpc) is 2.27. The van der Waals surface area contributed by atoms with E-state index in [1.165, 1.54) is 11.1 Å². The zero-order valence-corrected chi connectivity index (χ0v) is 11.2. The lowest BCUT2D eigenvalue weighted by molar-refractivity contribution is 0.0273. The number of rotatable bonds is 3. The number of aliphatic hydroxyl groups is 1. The van der Waals surface area contributed by atoms with Gasteiger partial charge in [-0.15, -0.1) is 0 Å². The normalized spacial score (nSPS) is 24.2. The molecule has 0 spiro atoms. The fourth-order valence-corrected chi connectivity index (χ4v) is 2.73. The Hall–Kier alpha value is -0.380. The zero-order valence-electron chi connectivity index (χ0n) is 9.59. The number of hydrogen-bond acceptors (Lipinski definition) is 2. The fourth-order valence-electron chi connectivity index (χ4n) is 2.32. The van der Waals surface area contributed by atoms with Gasteiger partial charge in [-0.25, -0.2) is 0 Å². The first kappa shape index (κ1) is 12.1. The smallest absolute Gasteiger partial charge is 0.0814 e. The van der Waals surface area contributed by atoms with Crippen molar-refractivity contribution in [1.29, 1.82) is 0 Å². The first-order chi connectivity index (χ1) is 7.63. The highest BCUT2D eigenvalue weighted by Gasteiger charge is 2.31. The van der Waals surface area contributed by atoms with E-state index in [1.807, 2.05) is 0 Å². The number of likely N-dealkylation sites (N-methyl/N-ethyl adjacent to an activating group) is 1. The van der Waals surface area contributed by atoms with E-state index in [-0.39, 0.29) is 0 Å². The van der Waals surface area contributed by atoms with Crippen LogP contribution in [0.3, 0.4) is 0 Å². The quantitative estimate of drug-likeness (QED) is 0.892. The van der Waals surface area contributed by atoms with Gasteiger partial charge in [0.05, 0.1) is 5.60 Å². The standard InChI is InChI=1S/C13H18BrNO/c1-2-15-9-13(16)6-5-10-7-12(14)4-3-11(10)8-13/h3-4,7,15-16H,2,5-6,8-9H2,1H3.